The number of rotatable bonds is 5. The Kier molecular flexibility index (Phi) is 5.02. The highest BCUT2D eigenvalue weighted by molar-refractivity contribution is 7.89. The van der Waals surface area contributed by atoms with Crippen molar-refractivity contribution in [1.82, 2.24) is 4.72 Å². The van der Waals surface area contributed by atoms with Gasteiger partial charge in [0.25, 0.3) is 0 Å². The van der Waals surface area contributed by atoms with Crippen molar-refractivity contribution in [1.29, 1.82) is 0 Å². The molecule has 138 valence electrons. The lowest BCUT2D eigenvalue weighted by molar-refractivity contribution is -0.115. The molecule has 0 atom stereocenters. The normalized spacial score (nSPS) is 13.6. The van der Waals surface area contributed by atoms with Gasteiger partial charge in [-0.15, -0.1) is 0 Å². The maximum Gasteiger partial charge on any atom is 0.243 e. The Morgan fingerprint density at radius 1 is 1.15 bits per heavy atom. The van der Waals surface area contributed by atoms with E-state index >= 15 is 0 Å². The summed E-state index contributed by atoms with van der Waals surface area (Å²) in [5.74, 6) is -0.169. The molecule has 0 saturated carbocycles. The van der Waals surface area contributed by atoms with E-state index in [1.807, 2.05) is 19.1 Å². The highest BCUT2D eigenvalue weighted by atomic mass is 32.2. The maximum atomic E-state index is 12.5. The van der Waals surface area contributed by atoms with Gasteiger partial charge in [0.15, 0.2) is 0 Å². The van der Waals surface area contributed by atoms with Gasteiger partial charge in [0, 0.05) is 17.9 Å². The Labute approximate surface area is 154 Å². The van der Waals surface area contributed by atoms with E-state index in [4.69, 9.17) is 0 Å². The van der Waals surface area contributed by atoms with E-state index < -0.39 is 10.0 Å². The van der Waals surface area contributed by atoms with Crippen molar-refractivity contribution in [2.75, 3.05) is 30.4 Å². The monoisotopic (exact) mass is 373 g/mol. The average Bonchev–Trinajstić information content (AvgIpc) is 3.00. The first-order valence-electron chi connectivity index (χ1n) is 8.49. The SMILES string of the molecule is CNS(=O)(=O)c1cc(NC(=O)CN2CCc3cccc(C)c32)ccc1C. The number of para-hydroxylation sites is 1. The van der Waals surface area contributed by atoms with E-state index in [-0.39, 0.29) is 17.3 Å². The fourth-order valence-electron chi connectivity index (χ4n) is 3.35. The molecule has 0 fully saturated rings. The van der Waals surface area contributed by atoms with E-state index in [0.717, 1.165) is 24.2 Å². The minimum absolute atomic E-state index is 0.167. The van der Waals surface area contributed by atoms with Crippen molar-refractivity contribution >= 4 is 27.3 Å². The predicted molar refractivity (Wildman–Crippen MR) is 103 cm³/mol. The largest absolute Gasteiger partial charge is 0.361 e. The second-order valence-electron chi connectivity index (χ2n) is 6.49. The number of amides is 1. The predicted octanol–water partition coefficient (Wildman–Crippen LogP) is 2.21. The molecule has 6 nitrogen and oxygen atoms in total. The van der Waals surface area contributed by atoms with Gasteiger partial charge in [0.05, 0.1) is 11.4 Å². The summed E-state index contributed by atoms with van der Waals surface area (Å²) in [6.45, 7) is 4.81. The van der Waals surface area contributed by atoms with E-state index in [1.165, 1.54) is 18.7 Å². The van der Waals surface area contributed by atoms with Crippen LogP contribution in [0.4, 0.5) is 11.4 Å². The first kappa shape index (κ1) is 18.4. The smallest absolute Gasteiger partial charge is 0.243 e. The Hall–Kier alpha value is -2.38. The zero-order valence-corrected chi connectivity index (χ0v) is 16.0. The molecule has 7 heteroatoms. The molecule has 1 aliphatic heterocycles. The van der Waals surface area contributed by atoms with Crippen LogP contribution < -0.4 is 14.9 Å². The number of hydrogen-bond donors (Lipinski definition) is 2. The van der Waals surface area contributed by atoms with Crippen molar-refractivity contribution < 1.29 is 13.2 Å². The van der Waals surface area contributed by atoms with Crippen molar-refractivity contribution in [3.05, 3.63) is 53.1 Å². The summed E-state index contributed by atoms with van der Waals surface area (Å²) in [5.41, 5.74) is 4.64. The molecule has 3 rings (SSSR count). The molecule has 1 aliphatic rings. The van der Waals surface area contributed by atoms with Crippen LogP contribution in [-0.2, 0) is 21.2 Å². The van der Waals surface area contributed by atoms with Crippen molar-refractivity contribution in [3.8, 4) is 0 Å². The van der Waals surface area contributed by atoms with Gasteiger partial charge in [-0.3, -0.25) is 4.79 Å². The molecule has 2 aromatic rings. The number of carbonyl (C=O) groups is 1. The van der Waals surface area contributed by atoms with Crippen LogP contribution in [0.15, 0.2) is 41.3 Å². The summed E-state index contributed by atoms with van der Waals surface area (Å²) >= 11 is 0. The molecule has 1 amide bonds. The molecular formula is C19H23N3O3S. The van der Waals surface area contributed by atoms with Gasteiger partial charge in [-0.05, 0) is 56.1 Å². The van der Waals surface area contributed by atoms with Crippen molar-refractivity contribution in [3.63, 3.8) is 0 Å². The average molecular weight is 373 g/mol. The van der Waals surface area contributed by atoms with Crippen LogP contribution in [0.25, 0.3) is 0 Å². The lowest BCUT2D eigenvalue weighted by Crippen LogP contribution is -2.32. The zero-order valence-electron chi connectivity index (χ0n) is 15.2. The Morgan fingerprint density at radius 3 is 2.65 bits per heavy atom. The van der Waals surface area contributed by atoms with Crippen LogP contribution >= 0.6 is 0 Å². The topological polar surface area (TPSA) is 78.5 Å². The zero-order chi connectivity index (χ0) is 18.9. The highest BCUT2D eigenvalue weighted by Gasteiger charge is 2.23. The van der Waals surface area contributed by atoms with Gasteiger partial charge in [-0.2, -0.15) is 0 Å². The molecule has 0 bridgehead atoms. The summed E-state index contributed by atoms with van der Waals surface area (Å²) in [6.07, 6.45) is 0.930. The number of nitrogens with zero attached hydrogens (tertiary/aromatic N) is 1. The number of anilines is 2. The standard InChI is InChI=1S/C19H23N3O3S/c1-13-7-8-16(11-17(13)26(24,25)20-3)21-18(23)12-22-10-9-15-6-4-5-14(2)19(15)22/h4-8,11,20H,9-10,12H2,1-3H3,(H,21,23). The Bertz CT molecular complexity index is 954. The number of carbonyl (C=O) groups excluding carboxylic acids is 1. The van der Waals surface area contributed by atoms with E-state index in [9.17, 15) is 13.2 Å². The third-order valence-corrected chi connectivity index (χ3v) is 6.21. The third kappa shape index (κ3) is 3.59. The van der Waals surface area contributed by atoms with Crippen molar-refractivity contribution in [2.45, 2.75) is 25.2 Å². The van der Waals surface area contributed by atoms with E-state index in [0.29, 0.717) is 11.3 Å². The van der Waals surface area contributed by atoms with Crippen LogP contribution in [0.3, 0.4) is 0 Å². The van der Waals surface area contributed by atoms with E-state index in [2.05, 4.69) is 21.0 Å². The summed E-state index contributed by atoms with van der Waals surface area (Å²) in [4.78, 5) is 14.7. The van der Waals surface area contributed by atoms with Gasteiger partial charge in [0.2, 0.25) is 15.9 Å². The van der Waals surface area contributed by atoms with Crippen LogP contribution in [-0.4, -0.2) is 34.5 Å². The first-order chi connectivity index (χ1) is 12.3. The molecule has 0 saturated heterocycles. The highest BCUT2D eigenvalue weighted by Crippen LogP contribution is 2.31. The molecule has 0 aromatic heterocycles. The quantitative estimate of drug-likeness (QED) is 0.842. The van der Waals surface area contributed by atoms with Crippen LogP contribution in [0.2, 0.25) is 0 Å². The lowest BCUT2D eigenvalue weighted by atomic mass is 10.1. The maximum absolute atomic E-state index is 12.5. The van der Waals surface area contributed by atoms with Crippen molar-refractivity contribution in [2.24, 2.45) is 0 Å². The Balaban J connectivity index is 1.76. The lowest BCUT2D eigenvalue weighted by Gasteiger charge is -2.21. The summed E-state index contributed by atoms with van der Waals surface area (Å²) in [6, 6.07) is 11.1. The minimum atomic E-state index is -3.57. The molecule has 0 aliphatic carbocycles. The number of aryl methyl sites for hydroxylation is 2. The molecule has 26 heavy (non-hydrogen) atoms. The second kappa shape index (κ2) is 7.09. The number of benzene rings is 2. The second-order valence-corrected chi connectivity index (χ2v) is 8.35. The van der Waals surface area contributed by atoms with Crippen LogP contribution in [0, 0.1) is 13.8 Å². The van der Waals surface area contributed by atoms with Crippen LogP contribution in [0.5, 0.6) is 0 Å². The Morgan fingerprint density at radius 2 is 1.92 bits per heavy atom. The van der Waals surface area contributed by atoms with Crippen LogP contribution in [0.1, 0.15) is 16.7 Å². The fraction of sp³-hybridized carbons (Fsp3) is 0.316. The van der Waals surface area contributed by atoms with Gasteiger partial charge >= 0.3 is 0 Å². The number of fused-ring (bicyclic) bond motifs is 1. The molecule has 2 N–H and O–H groups in total. The van der Waals surface area contributed by atoms with E-state index in [1.54, 1.807) is 19.1 Å². The molecule has 0 unspecified atom stereocenters. The summed E-state index contributed by atoms with van der Waals surface area (Å²) in [7, 11) is -2.20. The number of nitrogens with one attached hydrogen (secondary N) is 2. The molecule has 0 spiro atoms. The van der Waals surface area contributed by atoms with Gasteiger partial charge in [0.1, 0.15) is 0 Å². The fourth-order valence-corrected chi connectivity index (χ4v) is 4.34. The summed E-state index contributed by atoms with van der Waals surface area (Å²) in [5, 5.41) is 2.81. The first-order valence-corrected chi connectivity index (χ1v) is 9.97. The molecule has 1 heterocycles. The summed E-state index contributed by atoms with van der Waals surface area (Å²) < 4.78 is 26.5. The number of hydrogen-bond acceptors (Lipinski definition) is 4. The van der Waals surface area contributed by atoms with Gasteiger partial charge in [-0.25, -0.2) is 13.1 Å². The minimum Gasteiger partial charge on any atom is -0.361 e. The van der Waals surface area contributed by atoms with Gasteiger partial charge in [-0.1, -0.05) is 24.3 Å². The number of sulfonamides is 1. The molecule has 0 radical (unpaired) electrons. The third-order valence-electron chi connectivity index (χ3n) is 4.65. The molecular weight excluding hydrogens is 350 g/mol. The molecule has 2 aromatic carbocycles. The van der Waals surface area contributed by atoms with Gasteiger partial charge < -0.3 is 10.2 Å².